The molecule has 0 unspecified atom stereocenters. The van der Waals surface area contributed by atoms with Crippen molar-refractivity contribution < 1.29 is 9.18 Å². The molecule has 0 radical (unpaired) electrons. The van der Waals surface area contributed by atoms with Crippen LogP contribution in [-0.4, -0.2) is 37.1 Å². The molecule has 2 amide bonds. The molecule has 0 spiro atoms. The van der Waals surface area contributed by atoms with E-state index in [-0.39, 0.29) is 23.6 Å². The van der Waals surface area contributed by atoms with Crippen LogP contribution in [0.2, 0.25) is 0 Å². The fourth-order valence-corrected chi connectivity index (χ4v) is 3.49. The lowest BCUT2D eigenvalue weighted by molar-refractivity contribution is 0.171. The van der Waals surface area contributed by atoms with Gasteiger partial charge in [-0.2, -0.15) is 10.4 Å². The first-order valence-electron chi connectivity index (χ1n) is 9.11. The van der Waals surface area contributed by atoms with Gasteiger partial charge in [0.25, 0.3) is 0 Å². The van der Waals surface area contributed by atoms with Crippen LogP contribution in [0.4, 0.5) is 14.9 Å². The number of aromatic amines is 1. The summed E-state index contributed by atoms with van der Waals surface area (Å²) in [5.74, 6) is -0.123. The number of urea groups is 1. The van der Waals surface area contributed by atoms with E-state index in [0.29, 0.717) is 23.8 Å². The van der Waals surface area contributed by atoms with Crippen LogP contribution in [0.1, 0.15) is 36.6 Å². The van der Waals surface area contributed by atoms with Gasteiger partial charge >= 0.3 is 6.03 Å². The number of aromatic nitrogens is 4. The Balaban J connectivity index is 1.62. The second kappa shape index (κ2) is 7.31. The van der Waals surface area contributed by atoms with Gasteiger partial charge in [0.15, 0.2) is 5.82 Å². The van der Waals surface area contributed by atoms with Gasteiger partial charge in [-0.1, -0.05) is 6.92 Å². The molecule has 0 saturated heterocycles. The maximum atomic E-state index is 13.5. The van der Waals surface area contributed by atoms with Crippen molar-refractivity contribution in [3.05, 3.63) is 59.3 Å². The van der Waals surface area contributed by atoms with Crippen molar-refractivity contribution in [1.29, 1.82) is 5.26 Å². The summed E-state index contributed by atoms with van der Waals surface area (Å²) in [4.78, 5) is 23.2. The average molecular weight is 391 g/mol. The minimum atomic E-state index is -0.624. The van der Waals surface area contributed by atoms with E-state index in [1.165, 1.54) is 12.1 Å². The molecule has 0 fully saturated rings. The number of carbonyl (C=O) groups is 1. The average Bonchev–Trinajstić information content (AvgIpc) is 3.16. The van der Waals surface area contributed by atoms with E-state index in [4.69, 9.17) is 5.26 Å². The number of hydrogen-bond acceptors (Lipinski definition) is 5. The predicted molar refractivity (Wildman–Crippen MR) is 103 cm³/mol. The summed E-state index contributed by atoms with van der Waals surface area (Å²) in [5.41, 5.74) is 2.68. The van der Waals surface area contributed by atoms with Gasteiger partial charge in [0, 0.05) is 41.3 Å². The minimum Gasteiger partial charge on any atom is -0.317 e. The van der Waals surface area contributed by atoms with E-state index in [1.54, 1.807) is 29.4 Å². The number of hydrogen-bond donors (Lipinski definition) is 2. The molecule has 3 aromatic rings. The van der Waals surface area contributed by atoms with Gasteiger partial charge in [-0.15, -0.1) is 0 Å². The van der Waals surface area contributed by atoms with Gasteiger partial charge in [-0.3, -0.25) is 5.10 Å². The Morgan fingerprint density at radius 1 is 1.34 bits per heavy atom. The zero-order valence-corrected chi connectivity index (χ0v) is 15.8. The van der Waals surface area contributed by atoms with Crippen LogP contribution in [-0.2, 0) is 6.54 Å². The van der Waals surface area contributed by atoms with Crippen molar-refractivity contribution in [2.45, 2.75) is 32.4 Å². The monoisotopic (exact) mass is 391 g/mol. The standard InChI is InChI=1S/C20H18FN7O/c1-11-12(2)28(20(29)25-14-4-5-16(21)13(8-14)9-22)10-15-17(11)26-27-18(15)19-23-6-3-7-24-19/h3-8,11-12H,10H2,1-2H3,(H,25,29)(H,26,27)/t11-,12+/m1/s1. The number of H-pyrrole nitrogens is 1. The number of halogens is 1. The molecule has 9 heteroatoms. The highest BCUT2D eigenvalue weighted by Gasteiger charge is 2.36. The third-order valence-electron chi connectivity index (χ3n) is 5.27. The van der Waals surface area contributed by atoms with Crippen LogP contribution in [0.15, 0.2) is 36.7 Å². The minimum absolute atomic E-state index is 0.0114. The van der Waals surface area contributed by atoms with Crippen LogP contribution in [0.3, 0.4) is 0 Å². The zero-order chi connectivity index (χ0) is 20.5. The summed E-state index contributed by atoms with van der Waals surface area (Å²) in [6, 6.07) is 6.96. The highest BCUT2D eigenvalue weighted by Crippen LogP contribution is 2.36. The van der Waals surface area contributed by atoms with E-state index >= 15 is 0 Å². The van der Waals surface area contributed by atoms with Crippen molar-refractivity contribution in [1.82, 2.24) is 25.1 Å². The van der Waals surface area contributed by atoms with Crippen LogP contribution in [0.25, 0.3) is 11.5 Å². The topological polar surface area (TPSA) is 111 Å². The third-order valence-corrected chi connectivity index (χ3v) is 5.27. The van der Waals surface area contributed by atoms with E-state index in [0.717, 1.165) is 17.3 Å². The first-order valence-corrected chi connectivity index (χ1v) is 9.11. The second-order valence-corrected chi connectivity index (χ2v) is 6.93. The number of fused-ring (bicyclic) bond motifs is 1. The van der Waals surface area contributed by atoms with Gasteiger partial charge in [0.05, 0.1) is 12.1 Å². The molecule has 8 nitrogen and oxygen atoms in total. The number of anilines is 1. The fraction of sp³-hybridized carbons (Fsp3) is 0.250. The number of carbonyl (C=O) groups excluding carboxylic acids is 1. The largest absolute Gasteiger partial charge is 0.322 e. The molecular weight excluding hydrogens is 373 g/mol. The third kappa shape index (κ3) is 3.29. The Morgan fingerprint density at radius 3 is 2.83 bits per heavy atom. The summed E-state index contributed by atoms with van der Waals surface area (Å²) >= 11 is 0. The lowest BCUT2D eigenvalue weighted by atomic mass is 9.90. The lowest BCUT2D eigenvalue weighted by Crippen LogP contribution is -2.46. The molecular formula is C20H18FN7O. The summed E-state index contributed by atoms with van der Waals surface area (Å²) in [6.45, 7) is 4.30. The maximum absolute atomic E-state index is 13.5. The maximum Gasteiger partial charge on any atom is 0.322 e. The normalized spacial score (nSPS) is 18.1. The molecule has 1 aliphatic heterocycles. The molecule has 146 valence electrons. The quantitative estimate of drug-likeness (QED) is 0.695. The first kappa shape index (κ1) is 18.6. The van der Waals surface area contributed by atoms with Gasteiger partial charge in [-0.05, 0) is 31.2 Å². The number of nitriles is 1. The van der Waals surface area contributed by atoms with E-state index in [9.17, 15) is 9.18 Å². The molecule has 0 aliphatic carbocycles. The molecule has 2 atom stereocenters. The van der Waals surface area contributed by atoms with Crippen LogP contribution >= 0.6 is 0 Å². The SMILES string of the molecule is C[C@H]1c2[nH]nc(-c3ncccn3)c2CN(C(=O)Nc2ccc(F)c(C#N)c2)[C@H]1C. The molecule has 2 aromatic heterocycles. The number of rotatable bonds is 2. The van der Waals surface area contributed by atoms with Gasteiger partial charge < -0.3 is 10.2 Å². The molecule has 0 bridgehead atoms. The number of nitrogens with zero attached hydrogens (tertiary/aromatic N) is 5. The molecule has 2 N–H and O–H groups in total. The Morgan fingerprint density at radius 2 is 2.10 bits per heavy atom. The van der Waals surface area contributed by atoms with Gasteiger partial charge in [-0.25, -0.2) is 19.2 Å². The molecule has 4 rings (SSSR count). The fourth-order valence-electron chi connectivity index (χ4n) is 3.49. The highest BCUT2D eigenvalue weighted by molar-refractivity contribution is 5.90. The van der Waals surface area contributed by atoms with Gasteiger partial charge in [0.2, 0.25) is 0 Å². The van der Waals surface area contributed by atoms with Crippen molar-refractivity contribution >= 4 is 11.7 Å². The molecule has 1 aromatic carbocycles. The molecule has 1 aliphatic rings. The Labute approximate surface area is 166 Å². The van der Waals surface area contributed by atoms with Crippen LogP contribution in [0.5, 0.6) is 0 Å². The summed E-state index contributed by atoms with van der Waals surface area (Å²) in [5, 5.41) is 19.2. The summed E-state index contributed by atoms with van der Waals surface area (Å²) < 4.78 is 13.5. The van der Waals surface area contributed by atoms with E-state index in [1.807, 2.05) is 13.8 Å². The van der Waals surface area contributed by atoms with E-state index in [2.05, 4.69) is 25.5 Å². The number of nitrogens with one attached hydrogen (secondary N) is 2. The van der Waals surface area contributed by atoms with Crippen molar-refractivity contribution in [3.8, 4) is 17.6 Å². The Hall–Kier alpha value is -3.80. The molecule has 29 heavy (non-hydrogen) atoms. The van der Waals surface area contributed by atoms with Crippen molar-refractivity contribution in [2.24, 2.45) is 0 Å². The Bertz CT molecular complexity index is 1110. The van der Waals surface area contributed by atoms with E-state index < -0.39 is 5.82 Å². The lowest BCUT2D eigenvalue weighted by Gasteiger charge is -2.37. The number of benzene rings is 1. The van der Waals surface area contributed by atoms with Gasteiger partial charge in [0.1, 0.15) is 17.6 Å². The van der Waals surface area contributed by atoms with Crippen LogP contribution < -0.4 is 5.32 Å². The highest BCUT2D eigenvalue weighted by atomic mass is 19.1. The molecule has 3 heterocycles. The smallest absolute Gasteiger partial charge is 0.317 e. The summed E-state index contributed by atoms with van der Waals surface area (Å²) in [7, 11) is 0. The second-order valence-electron chi connectivity index (χ2n) is 6.93. The first-order chi connectivity index (χ1) is 14.0. The van der Waals surface area contributed by atoms with Crippen molar-refractivity contribution in [2.75, 3.05) is 5.32 Å². The summed E-state index contributed by atoms with van der Waals surface area (Å²) in [6.07, 6.45) is 3.29. The zero-order valence-electron chi connectivity index (χ0n) is 15.8. The molecule has 0 saturated carbocycles. The Kier molecular flexibility index (Phi) is 4.68. The van der Waals surface area contributed by atoms with Crippen LogP contribution in [0, 0.1) is 17.1 Å². The number of amides is 2. The predicted octanol–water partition coefficient (Wildman–Crippen LogP) is 3.42. The van der Waals surface area contributed by atoms with Crippen molar-refractivity contribution in [3.63, 3.8) is 0 Å².